The SMILES string of the molecule is O=P(O)(O)O.OCl.[H-].[Na+]. The summed E-state index contributed by atoms with van der Waals surface area (Å²) in [6.07, 6.45) is 0. The summed E-state index contributed by atoms with van der Waals surface area (Å²) < 4.78 is 15.4. The zero-order valence-electron chi connectivity index (χ0n) is 5.02. The van der Waals surface area contributed by atoms with Gasteiger partial charge in [0.25, 0.3) is 0 Å². The summed E-state index contributed by atoms with van der Waals surface area (Å²) in [5, 5.41) is 0. The summed E-state index contributed by atoms with van der Waals surface area (Å²) in [5.74, 6) is 0. The molecule has 0 amide bonds. The van der Waals surface area contributed by atoms with E-state index in [0.717, 1.165) is 0 Å². The molecule has 0 aromatic heterocycles. The van der Waals surface area contributed by atoms with Crippen LogP contribution in [0, 0.1) is 0 Å². The zero-order valence-corrected chi connectivity index (χ0v) is 7.67. The Morgan fingerprint density at radius 3 is 1.25 bits per heavy atom. The summed E-state index contributed by atoms with van der Waals surface area (Å²) >= 11 is 3.64. The maximum Gasteiger partial charge on any atom is 1.00 e. The minimum Gasteiger partial charge on any atom is -1.00 e. The molecule has 8 heteroatoms. The van der Waals surface area contributed by atoms with Crippen LogP contribution in [0.1, 0.15) is 1.43 Å². The Labute approximate surface area is 74.5 Å². The van der Waals surface area contributed by atoms with Crippen LogP contribution in [-0.2, 0) is 4.57 Å². The number of hydrogen-bond acceptors (Lipinski definition) is 2. The van der Waals surface area contributed by atoms with E-state index in [2.05, 4.69) is 11.9 Å². The fourth-order valence-corrected chi connectivity index (χ4v) is 0. The minimum absolute atomic E-state index is 0. The van der Waals surface area contributed by atoms with Gasteiger partial charge >= 0.3 is 37.4 Å². The van der Waals surface area contributed by atoms with Gasteiger partial charge in [-0.3, -0.25) is 4.66 Å². The third-order valence-corrected chi connectivity index (χ3v) is 0. The molecule has 4 N–H and O–H groups in total. The van der Waals surface area contributed by atoms with Gasteiger partial charge in [0.1, 0.15) is 0 Å². The van der Waals surface area contributed by atoms with Crippen LogP contribution in [0.5, 0.6) is 0 Å². The van der Waals surface area contributed by atoms with Crippen molar-refractivity contribution in [3.05, 3.63) is 0 Å². The molecule has 0 fully saturated rings. The van der Waals surface area contributed by atoms with E-state index in [9.17, 15) is 0 Å². The van der Waals surface area contributed by atoms with E-state index in [4.69, 9.17) is 23.9 Å². The Balaban J connectivity index is -0.0000000286. The monoisotopic (exact) mass is 174 g/mol. The van der Waals surface area contributed by atoms with Gasteiger partial charge in [0.15, 0.2) is 0 Å². The molecule has 8 heavy (non-hydrogen) atoms. The predicted molar refractivity (Wildman–Crippen MR) is 23.4 cm³/mol. The Kier molecular flexibility index (Phi) is 16.9. The summed E-state index contributed by atoms with van der Waals surface area (Å²) in [6, 6.07) is 0. The van der Waals surface area contributed by atoms with Crippen LogP contribution >= 0.6 is 19.7 Å². The number of phosphoric acid groups is 1. The van der Waals surface area contributed by atoms with Gasteiger partial charge in [0, 0.05) is 0 Å². The molecule has 0 aromatic carbocycles. The normalized spacial score (nSPS) is 8.12. The average Bonchev–Trinajstić information content (AvgIpc) is 1.36. The van der Waals surface area contributed by atoms with Gasteiger partial charge in [0.2, 0.25) is 0 Å². The van der Waals surface area contributed by atoms with Gasteiger partial charge in [-0.15, -0.1) is 0 Å². The standard InChI is InChI=1S/ClHO.Na.H3O4P.H/c1-2;;1-5(2,3)4;/h2H;;(H3,1,2,3,4);/q;+1;;-1. The van der Waals surface area contributed by atoms with Gasteiger partial charge in [-0.05, 0) is 0 Å². The van der Waals surface area contributed by atoms with Crippen LogP contribution in [0.4, 0.5) is 0 Å². The van der Waals surface area contributed by atoms with Gasteiger partial charge in [-0.1, -0.05) is 0 Å². The van der Waals surface area contributed by atoms with Crippen LogP contribution in [-0.4, -0.2) is 19.3 Å². The van der Waals surface area contributed by atoms with Gasteiger partial charge in [0.05, 0.1) is 11.9 Å². The van der Waals surface area contributed by atoms with Crippen molar-refractivity contribution in [2.45, 2.75) is 0 Å². The molecule has 0 saturated carbocycles. The Hall–Kier alpha value is 1.36. The summed E-state index contributed by atoms with van der Waals surface area (Å²) in [5.41, 5.74) is 0. The largest absolute Gasteiger partial charge is 1.00 e. The fourth-order valence-electron chi connectivity index (χ4n) is 0. The van der Waals surface area contributed by atoms with Crippen LogP contribution in [0.25, 0.3) is 0 Å². The van der Waals surface area contributed by atoms with Crippen molar-refractivity contribution in [3.63, 3.8) is 0 Å². The van der Waals surface area contributed by atoms with Crippen molar-refractivity contribution in [3.8, 4) is 0 Å². The Bertz CT molecular complexity index is 63.1. The third-order valence-electron chi connectivity index (χ3n) is 0. The first-order valence-corrected chi connectivity index (χ1v) is 2.85. The van der Waals surface area contributed by atoms with Crippen LogP contribution in [0.2, 0.25) is 0 Å². The van der Waals surface area contributed by atoms with Gasteiger partial charge in [-0.25, -0.2) is 4.57 Å². The van der Waals surface area contributed by atoms with Crippen molar-refractivity contribution in [2.75, 3.05) is 0 Å². The van der Waals surface area contributed by atoms with E-state index >= 15 is 0 Å². The van der Waals surface area contributed by atoms with Crippen molar-refractivity contribution in [1.82, 2.24) is 0 Å². The molecular weight excluding hydrogens is 169 g/mol. The molecule has 5 nitrogen and oxygen atoms in total. The van der Waals surface area contributed by atoms with Crippen molar-refractivity contribution in [2.24, 2.45) is 0 Å². The zero-order chi connectivity index (χ0) is 6.50. The van der Waals surface area contributed by atoms with Crippen LogP contribution < -0.4 is 29.6 Å². The Morgan fingerprint density at radius 1 is 1.25 bits per heavy atom. The van der Waals surface area contributed by atoms with E-state index < -0.39 is 7.82 Å². The molecule has 0 unspecified atom stereocenters. The molecule has 0 aliphatic heterocycles. The first-order chi connectivity index (χ1) is 3.00. The average molecular weight is 174 g/mol. The number of hydrogen-bond donors (Lipinski definition) is 4. The van der Waals surface area contributed by atoms with Gasteiger partial charge in [-0.2, -0.15) is 0 Å². The number of rotatable bonds is 0. The summed E-state index contributed by atoms with van der Waals surface area (Å²) in [7, 11) is -4.64. The van der Waals surface area contributed by atoms with Crippen molar-refractivity contribution < 1.29 is 54.9 Å². The smallest absolute Gasteiger partial charge is 1.00 e. The van der Waals surface area contributed by atoms with Crippen LogP contribution in [0.3, 0.4) is 0 Å². The predicted octanol–water partition coefficient (Wildman–Crippen LogP) is -3.68. The third kappa shape index (κ3) is 161. The number of halogens is 1. The van der Waals surface area contributed by atoms with E-state index in [-0.39, 0.29) is 31.0 Å². The molecular formula is H5ClNaO5P. The molecule has 0 radical (unpaired) electrons. The molecule has 0 heterocycles. The molecule has 0 aromatic rings. The second-order valence-corrected chi connectivity index (χ2v) is 1.54. The van der Waals surface area contributed by atoms with E-state index in [1.165, 1.54) is 0 Å². The summed E-state index contributed by atoms with van der Waals surface area (Å²) in [6.45, 7) is 0. The molecule has 0 aliphatic carbocycles. The van der Waals surface area contributed by atoms with E-state index in [0.29, 0.717) is 0 Å². The quantitative estimate of drug-likeness (QED) is 0.224. The van der Waals surface area contributed by atoms with E-state index in [1.807, 2.05) is 0 Å². The minimum atomic E-state index is -4.64. The molecule has 0 atom stereocenters. The van der Waals surface area contributed by atoms with E-state index in [1.54, 1.807) is 0 Å². The maximum atomic E-state index is 8.88. The maximum absolute atomic E-state index is 8.88. The second kappa shape index (κ2) is 8.36. The van der Waals surface area contributed by atoms with Gasteiger partial charge < -0.3 is 16.1 Å². The van der Waals surface area contributed by atoms with Crippen molar-refractivity contribution in [1.29, 1.82) is 0 Å². The second-order valence-electron chi connectivity index (χ2n) is 0.513. The molecule has 0 aliphatic rings. The molecule has 48 valence electrons. The summed E-state index contributed by atoms with van der Waals surface area (Å²) in [4.78, 5) is 21.6. The first-order valence-electron chi connectivity index (χ1n) is 0.952. The topological polar surface area (TPSA) is 98.0 Å². The molecule has 0 bridgehead atoms. The van der Waals surface area contributed by atoms with Crippen LogP contribution in [0.15, 0.2) is 0 Å². The molecule has 0 saturated heterocycles. The Morgan fingerprint density at radius 2 is 1.25 bits per heavy atom. The van der Waals surface area contributed by atoms with Crippen molar-refractivity contribution >= 4 is 19.7 Å². The fraction of sp³-hybridized carbons (Fsp3) is 0. The molecule has 0 rings (SSSR count). The first kappa shape index (κ1) is 16.2. The molecule has 0 spiro atoms.